The zero-order valence-electron chi connectivity index (χ0n) is 56.3. The van der Waals surface area contributed by atoms with E-state index in [1.807, 2.05) is 0 Å². The van der Waals surface area contributed by atoms with Crippen molar-refractivity contribution in [1.29, 1.82) is 0 Å². The van der Waals surface area contributed by atoms with Gasteiger partial charge in [-0.2, -0.15) is 0 Å². The Labute approximate surface area is 658 Å². The summed E-state index contributed by atoms with van der Waals surface area (Å²) in [5, 5.41) is 68.0. The van der Waals surface area contributed by atoms with Crippen molar-refractivity contribution in [3.05, 3.63) is 106 Å². The number of aromatic hydroxyl groups is 2. The summed E-state index contributed by atoms with van der Waals surface area (Å²) in [5.41, 5.74) is -0.920. The number of aryl methyl sites for hydroxylation is 1. The van der Waals surface area contributed by atoms with Crippen molar-refractivity contribution in [3.8, 4) is 11.5 Å². The quantitative estimate of drug-likeness (QED) is 0.0294. The standard InChI is InChI=1S/C63H85N15O20S2.2Gd/c1-32(2)21-45(69-50(85)28-76(51(86)29-77-27-33(3)54(89)75-63(77)98)20-18-64-56(91)46(68-37(7)81)25-65-36(6)80)62(97)78-19-8-9-48(78)60(95)73-47-31-100-99-30-34(4)67-61(96)53(35(5)79)74-49(84)26-66-55(90)42(22-38-10-14-40(82)15-11-38)70-57(92)43(23-39-12-16-41(83)17-13-39)71-58(93)44(24-52(87)88)72-59(47)94;;/h10-17,27,32,34-35,42-48,53,79,82-83H,6-9,18-26,28-31H2,1-5H3,(H,64,91)(H,65,80)(H,66,90)(H,67,96)(H,68,81)(H,69,85)(H,70,92)(H,71,93)(H,72,94)(H,73,95)(H,74,84)(H,87,88)(H,75,89,98);;/q-2;;/t34-,35?,42+,43+,44+,45+,46?,47+,48+,53+;;/m1../s1. The van der Waals surface area contributed by atoms with Gasteiger partial charge in [0.05, 0.1) is 37.4 Å². The number of likely N-dealkylation sites (tertiary alicyclic amines) is 1. The molecule has 0 spiro atoms. The molecule has 10 atom stereocenters. The number of phenolic OH excluding ortho intramolecular Hbond substituents is 2. The third-order valence-electron chi connectivity index (χ3n) is 15.4. The van der Waals surface area contributed by atoms with Crippen LogP contribution in [0.1, 0.15) is 70.1 Å². The fourth-order valence-corrected chi connectivity index (χ4v) is 12.8. The SMILES string of the molecule is [CH2-]C(=O)NCC(NC([CH2-])=O)C(=O)NCCN(CC(=O)N[C@@H](CC(C)C)C(=O)N1CCC[C@H]1C(=O)N[C@H]1CSSC[C@@H](C)NC(=O)[C@H](C(C)O)NC(=O)CNC(=O)[C@H](Cc2ccc(O)cc2)NC(=O)[C@H](Cc2ccc(O)cc2)NC(=O)[C@H](CC(=O)O)NC1=O)C(=O)Cn1cc(C)c(=O)[nH]c1=O.[Gd].[Gd]. The van der Waals surface area contributed by atoms with Gasteiger partial charge in [-0.1, -0.05) is 59.7 Å². The Morgan fingerprint density at radius 3 is 1.86 bits per heavy atom. The first-order valence-corrected chi connectivity index (χ1v) is 34.1. The fourth-order valence-electron chi connectivity index (χ4n) is 10.3. The van der Waals surface area contributed by atoms with Gasteiger partial charge in [-0.15, -0.1) is 0 Å². The van der Waals surface area contributed by atoms with Crippen LogP contribution < -0.4 is 69.7 Å². The van der Waals surface area contributed by atoms with Crippen LogP contribution in [0.5, 0.6) is 11.5 Å². The number of carboxylic acid groups (broad SMARTS) is 1. The number of aromatic nitrogens is 2. The van der Waals surface area contributed by atoms with E-state index in [4.69, 9.17) is 0 Å². The van der Waals surface area contributed by atoms with Gasteiger partial charge in [0.2, 0.25) is 65.0 Å². The minimum atomic E-state index is -1.99. The average Bonchev–Trinajstić information content (AvgIpc) is 1.59. The third-order valence-corrected chi connectivity index (χ3v) is 18.0. The molecule has 3 heterocycles. The van der Waals surface area contributed by atoms with E-state index in [-0.39, 0.29) is 160 Å². The second kappa shape index (κ2) is 43.5. The summed E-state index contributed by atoms with van der Waals surface area (Å²) in [5.74, 6) is -14.6. The molecule has 102 heavy (non-hydrogen) atoms. The monoisotopic (exact) mass is 1750 g/mol. The summed E-state index contributed by atoms with van der Waals surface area (Å²) < 4.78 is 0.873. The Hall–Kier alpha value is -7.65. The van der Waals surface area contributed by atoms with Crippen molar-refractivity contribution in [2.24, 2.45) is 5.92 Å². The molecular formula is C63H85Gd2N15O20S2-2. The van der Waals surface area contributed by atoms with Gasteiger partial charge in [0.1, 0.15) is 66.4 Å². The van der Waals surface area contributed by atoms with Crippen molar-refractivity contribution in [2.45, 2.75) is 140 Å². The molecule has 3 aromatic rings. The Morgan fingerprint density at radius 2 is 1.29 bits per heavy atom. The smallest absolute Gasteiger partial charge is 0.328 e. The molecule has 13 amide bonds. The summed E-state index contributed by atoms with van der Waals surface area (Å²) in [7, 11) is 2.05. The van der Waals surface area contributed by atoms with Crippen LogP contribution in [-0.2, 0) is 86.5 Å². The molecule has 35 nitrogen and oxygen atoms in total. The zero-order valence-corrected chi connectivity index (χ0v) is 62.4. The minimum Gasteiger partial charge on any atom is -0.508 e. The topological polar surface area (TPSA) is 514 Å². The molecule has 2 aliphatic rings. The molecule has 2 saturated heterocycles. The van der Waals surface area contributed by atoms with Crippen molar-refractivity contribution in [3.63, 3.8) is 0 Å². The Morgan fingerprint density at radius 1 is 0.716 bits per heavy atom. The number of aliphatic hydroxyl groups is 1. The number of carbonyl (C=O) groups excluding carboxylic acids is 13. The Kier molecular flexibility index (Phi) is 37.7. The number of aromatic amines is 1. The molecule has 562 valence electrons. The van der Waals surface area contributed by atoms with Crippen LogP contribution in [-0.4, -0.2) is 234 Å². The van der Waals surface area contributed by atoms with Crippen molar-refractivity contribution in [1.82, 2.24) is 77.8 Å². The normalized spacial score (nSPS) is 20.4. The number of aliphatic hydroxyl groups excluding tert-OH is 1. The maximum Gasteiger partial charge on any atom is 0.328 e. The first kappa shape index (κ1) is 88.6. The number of rotatable bonds is 24. The third kappa shape index (κ3) is 29.6. The van der Waals surface area contributed by atoms with Crippen LogP contribution in [0.2, 0.25) is 0 Å². The molecule has 0 saturated carbocycles. The number of carbonyl (C=O) groups is 14. The van der Waals surface area contributed by atoms with Gasteiger partial charge in [0.15, 0.2) is 0 Å². The number of hydrogen-bond donors (Lipinski definition) is 16. The predicted octanol–water partition coefficient (Wildman–Crippen LogP) is -5.23. The van der Waals surface area contributed by atoms with Gasteiger partial charge < -0.3 is 112 Å². The zero-order chi connectivity index (χ0) is 74.1. The van der Waals surface area contributed by atoms with Crippen LogP contribution in [0.15, 0.2) is 64.3 Å². The molecular weight excluding hydrogens is 1670 g/mol. The molecule has 2 aromatic carbocycles. The van der Waals surface area contributed by atoms with Gasteiger partial charge in [-0.05, 0) is 81.3 Å². The van der Waals surface area contributed by atoms with Crippen LogP contribution in [0.25, 0.3) is 0 Å². The molecule has 2 fully saturated rings. The van der Waals surface area contributed by atoms with Crippen molar-refractivity contribution in [2.75, 3.05) is 50.8 Å². The largest absolute Gasteiger partial charge is 0.508 e. The van der Waals surface area contributed by atoms with Gasteiger partial charge in [0.25, 0.3) is 5.56 Å². The molecule has 5 rings (SSSR count). The molecule has 0 bridgehead atoms. The maximum atomic E-state index is 14.8. The second-order valence-corrected chi connectivity index (χ2v) is 26.8. The fraction of sp³-hybridized carbons (Fsp3) is 0.492. The molecule has 0 aliphatic carbocycles. The molecule has 39 heteroatoms. The van der Waals surface area contributed by atoms with Crippen LogP contribution in [0.4, 0.5) is 0 Å². The summed E-state index contributed by atoms with van der Waals surface area (Å²) in [6, 6.07) is -2.35. The van der Waals surface area contributed by atoms with Crippen molar-refractivity contribution < 1.29 is 167 Å². The number of phenols is 2. The summed E-state index contributed by atoms with van der Waals surface area (Å²) in [6.07, 6.45) is -1.94. The van der Waals surface area contributed by atoms with E-state index >= 15 is 0 Å². The van der Waals surface area contributed by atoms with Crippen LogP contribution in [0.3, 0.4) is 0 Å². The minimum absolute atomic E-state index is 0. The van der Waals surface area contributed by atoms with Crippen LogP contribution in [0, 0.1) is 107 Å². The second-order valence-electron chi connectivity index (χ2n) is 24.2. The van der Waals surface area contributed by atoms with E-state index < -0.39 is 194 Å². The number of benzene rings is 2. The first-order valence-electron chi connectivity index (χ1n) is 31.6. The molecule has 0 radical (unpaired) electrons. The van der Waals surface area contributed by atoms with Gasteiger partial charge >= 0.3 is 11.7 Å². The summed E-state index contributed by atoms with van der Waals surface area (Å²) in [6.45, 7) is 10.4. The molecule has 2 unspecified atom stereocenters. The number of nitrogens with one attached hydrogen (secondary N) is 12. The van der Waals surface area contributed by atoms with Gasteiger partial charge in [-0.25, -0.2) is 4.79 Å². The van der Waals surface area contributed by atoms with E-state index in [0.717, 1.165) is 37.3 Å². The van der Waals surface area contributed by atoms with E-state index in [1.165, 1.54) is 67.3 Å². The van der Waals surface area contributed by atoms with E-state index in [1.54, 1.807) is 20.8 Å². The number of carboxylic acids is 1. The van der Waals surface area contributed by atoms with E-state index in [0.29, 0.717) is 11.1 Å². The summed E-state index contributed by atoms with van der Waals surface area (Å²) >= 11 is 0. The van der Waals surface area contributed by atoms with Crippen molar-refractivity contribution >= 4 is 104 Å². The van der Waals surface area contributed by atoms with Gasteiger partial charge in [-0.3, -0.25) is 71.9 Å². The molecule has 2 aliphatic heterocycles. The average molecular weight is 1750 g/mol. The number of aliphatic carboxylic acids is 1. The van der Waals surface area contributed by atoms with E-state index in [9.17, 15) is 97.1 Å². The number of H-pyrrole nitrogens is 1. The van der Waals surface area contributed by atoms with Crippen LogP contribution >= 0.6 is 21.6 Å². The summed E-state index contributed by atoms with van der Waals surface area (Å²) in [4.78, 5) is 220. The first-order chi connectivity index (χ1) is 47.2. The Bertz CT molecular complexity index is 3610. The molecule has 1 aromatic heterocycles. The van der Waals surface area contributed by atoms with Gasteiger partial charge in [0, 0.05) is 148 Å². The number of amides is 13. The molecule has 16 N–H and O–H groups in total. The van der Waals surface area contributed by atoms with E-state index in [2.05, 4.69) is 77.3 Å². The predicted molar refractivity (Wildman–Crippen MR) is 360 cm³/mol. The number of nitrogens with zero attached hydrogens (tertiary/aromatic N) is 3. The number of hydrogen-bond acceptors (Lipinski definition) is 21. The maximum absolute atomic E-state index is 14.8. The Balaban J connectivity index is 0.0000135.